The van der Waals surface area contributed by atoms with Gasteiger partial charge >= 0.3 is 0 Å². The molecular formula is C13H24N4O. The largest absolute Gasteiger partial charge is 0.339 e. The lowest BCUT2D eigenvalue weighted by molar-refractivity contribution is -0.134. The predicted octanol–water partition coefficient (Wildman–Crippen LogP) is 0.418. The van der Waals surface area contributed by atoms with Crippen molar-refractivity contribution in [1.29, 1.82) is 5.26 Å². The Balaban J connectivity index is 2.33. The van der Waals surface area contributed by atoms with Crippen molar-refractivity contribution in [1.82, 2.24) is 9.80 Å². The van der Waals surface area contributed by atoms with E-state index in [0.29, 0.717) is 12.3 Å². The van der Waals surface area contributed by atoms with Crippen molar-refractivity contribution in [2.24, 2.45) is 11.7 Å². The Hall–Kier alpha value is -1.12. The zero-order chi connectivity index (χ0) is 13.5. The quantitative estimate of drug-likeness (QED) is 0.769. The van der Waals surface area contributed by atoms with Gasteiger partial charge in [-0.05, 0) is 12.3 Å². The Kier molecular flexibility index (Phi) is 6.10. The van der Waals surface area contributed by atoms with Crippen LogP contribution in [0.25, 0.3) is 0 Å². The second kappa shape index (κ2) is 7.34. The molecule has 0 saturated carbocycles. The summed E-state index contributed by atoms with van der Waals surface area (Å²) in [6, 6.07) is 1.78. The number of nitriles is 1. The number of carbonyl (C=O) groups excluding carboxylic acids is 1. The molecular weight excluding hydrogens is 228 g/mol. The van der Waals surface area contributed by atoms with Crippen LogP contribution in [0.15, 0.2) is 0 Å². The van der Waals surface area contributed by atoms with Gasteiger partial charge < -0.3 is 10.6 Å². The molecule has 1 saturated heterocycles. The molecule has 1 atom stereocenters. The minimum absolute atomic E-state index is 0.0728. The van der Waals surface area contributed by atoms with Gasteiger partial charge in [-0.15, -0.1) is 0 Å². The molecule has 2 N–H and O–H groups in total. The van der Waals surface area contributed by atoms with Gasteiger partial charge in [0.05, 0.1) is 12.1 Å². The van der Waals surface area contributed by atoms with Crippen molar-refractivity contribution in [3.63, 3.8) is 0 Å². The van der Waals surface area contributed by atoms with Crippen LogP contribution in [0.3, 0.4) is 0 Å². The van der Waals surface area contributed by atoms with Crippen molar-refractivity contribution >= 4 is 5.91 Å². The first kappa shape index (κ1) is 14.9. The smallest absolute Gasteiger partial charge is 0.239 e. The number of hydrogen-bond donors (Lipinski definition) is 1. The van der Waals surface area contributed by atoms with Crippen LogP contribution in [-0.2, 0) is 4.79 Å². The normalized spacial score (nSPS) is 18.7. The molecule has 1 aliphatic heterocycles. The first-order valence-corrected chi connectivity index (χ1v) is 6.68. The van der Waals surface area contributed by atoms with E-state index in [1.165, 1.54) is 0 Å². The van der Waals surface area contributed by atoms with Gasteiger partial charge in [0, 0.05) is 39.1 Å². The van der Waals surface area contributed by atoms with Crippen LogP contribution in [0.4, 0.5) is 0 Å². The zero-order valence-electron chi connectivity index (χ0n) is 11.4. The Bertz CT molecular complexity index is 303. The summed E-state index contributed by atoms with van der Waals surface area (Å²) in [5.74, 6) is 0.518. The van der Waals surface area contributed by atoms with Gasteiger partial charge in [0.15, 0.2) is 0 Å². The molecule has 0 spiro atoms. The van der Waals surface area contributed by atoms with Crippen molar-refractivity contribution in [3.8, 4) is 6.07 Å². The Labute approximate surface area is 110 Å². The molecule has 5 heteroatoms. The van der Waals surface area contributed by atoms with E-state index in [0.717, 1.165) is 39.1 Å². The molecule has 0 radical (unpaired) electrons. The average Bonchev–Trinajstić information content (AvgIpc) is 2.35. The fourth-order valence-corrected chi connectivity index (χ4v) is 2.24. The van der Waals surface area contributed by atoms with E-state index in [-0.39, 0.29) is 11.9 Å². The number of piperazine rings is 1. The molecule has 5 nitrogen and oxygen atoms in total. The number of rotatable bonds is 5. The Morgan fingerprint density at radius 2 is 1.94 bits per heavy atom. The molecule has 18 heavy (non-hydrogen) atoms. The van der Waals surface area contributed by atoms with E-state index in [1.54, 1.807) is 0 Å². The highest BCUT2D eigenvalue weighted by Crippen LogP contribution is 2.09. The third-order valence-corrected chi connectivity index (χ3v) is 3.27. The molecule has 0 unspecified atom stereocenters. The summed E-state index contributed by atoms with van der Waals surface area (Å²) in [5.41, 5.74) is 5.92. The lowest BCUT2D eigenvalue weighted by atomic mass is 10.0. The van der Waals surface area contributed by atoms with Gasteiger partial charge in [-0.3, -0.25) is 9.69 Å². The molecule has 102 valence electrons. The second-order valence-electron chi connectivity index (χ2n) is 5.31. The SMILES string of the molecule is CC(C)C[C@H](N)C(=O)N1CCN(CCC#N)CC1. The molecule has 1 amide bonds. The fourth-order valence-electron chi connectivity index (χ4n) is 2.24. The van der Waals surface area contributed by atoms with E-state index in [9.17, 15) is 4.79 Å². The van der Waals surface area contributed by atoms with E-state index >= 15 is 0 Å². The highest BCUT2D eigenvalue weighted by Gasteiger charge is 2.25. The zero-order valence-corrected chi connectivity index (χ0v) is 11.4. The fraction of sp³-hybridized carbons (Fsp3) is 0.846. The molecule has 0 aliphatic carbocycles. The van der Waals surface area contributed by atoms with Crippen molar-refractivity contribution in [3.05, 3.63) is 0 Å². The maximum Gasteiger partial charge on any atom is 0.239 e. The van der Waals surface area contributed by atoms with Gasteiger partial charge in [-0.1, -0.05) is 13.8 Å². The van der Waals surface area contributed by atoms with Crippen LogP contribution < -0.4 is 5.73 Å². The van der Waals surface area contributed by atoms with Crippen LogP contribution in [0.2, 0.25) is 0 Å². The van der Waals surface area contributed by atoms with Gasteiger partial charge in [0.2, 0.25) is 5.91 Å². The lowest BCUT2D eigenvalue weighted by Crippen LogP contribution is -2.53. The molecule has 0 bridgehead atoms. The third kappa shape index (κ3) is 4.63. The van der Waals surface area contributed by atoms with Crippen LogP contribution in [0.1, 0.15) is 26.7 Å². The number of nitrogens with zero attached hydrogens (tertiary/aromatic N) is 3. The lowest BCUT2D eigenvalue weighted by Gasteiger charge is -2.35. The van der Waals surface area contributed by atoms with Gasteiger partial charge in [-0.2, -0.15) is 5.26 Å². The van der Waals surface area contributed by atoms with Gasteiger partial charge in [-0.25, -0.2) is 0 Å². The van der Waals surface area contributed by atoms with Crippen LogP contribution in [0.5, 0.6) is 0 Å². The maximum atomic E-state index is 12.1. The number of nitrogens with two attached hydrogens (primary N) is 1. The highest BCUT2D eigenvalue weighted by molar-refractivity contribution is 5.81. The van der Waals surface area contributed by atoms with Crippen LogP contribution in [-0.4, -0.2) is 54.5 Å². The monoisotopic (exact) mass is 252 g/mol. The minimum Gasteiger partial charge on any atom is -0.339 e. The summed E-state index contributed by atoms with van der Waals surface area (Å²) in [6.45, 7) is 8.12. The first-order valence-electron chi connectivity index (χ1n) is 6.68. The van der Waals surface area contributed by atoms with E-state index < -0.39 is 0 Å². The van der Waals surface area contributed by atoms with Crippen LogP contribution in [0, 0.1) is 17.2 Å². The third-order valence-electron chi connectivity index (χ3n) is 3.27. The van der Waals surface area contributed by atoms with E-state index in [4.69, 9.17) is 11.0 Å². The minimum atomic E-state index is -0.365. The van der Waals surface area contributed by atoms with E-state index in [1.807, 2.05) is 4.90 Å². The summed E-state index contributed by atoms with van der Waals surface area (Å²) in [4.78, 5) is 16.2. The molecule has 1 fully saturated rings. The average molecular weight is 252 g/mol. The number of carbonyl (C=O) groups is 1. The molecule has 1 aliphatic rings. The summed E-state index contributed by atoms with van der Waals surface area (Å²) in [5, 5.41) is 8.54. The molecule has 0 aromatic rings. The van der Waals surface area contributed by atoms with Crippen molar-refractivity contribution in [2.45, 2.75) is 32.7 Å². The summed E-state index contributed by atoms with van der Waals surface area (Å²) < 4.78 is 0. The summed E-state index contributed by atoms with van der Waals surface area (Å²) in [6.07, 6.45) is 1.30. The van der Waals surface area contributed by atoms with Gasteiger partial charge in [0.25, 0.3) is 0 Å². The standard InChI is InChI=1S/C13H24N4O/c1-11(2)10-12(15)13(18)17-8-6-16(7-9-17)5-3-4-14/h11-12H,3,5-10,15H2,1-2H3/t12-/m0/s1. The number of hydrogen-bond acceptors (Lipinski definition) is 4. The number of amides is 1. The van der Waals surface area contributed by atoms with Crippen molar-refractivity contribution < 1.29 is 4.79 Å². The first-order chi connectivity index (χ1) is 8.54. The maximum absolute atomic E-state index is 12.1. The van der Waals surface area contributed by atoms with Gasteiger partial charge in [0.1, 0.15) is 0 Å². The Morgan fingerprint density at radius 3 is 2.44 bits per heavy atom. The molecule has 1 heterocycles. The predicted molar refractivity (Wildman–Crippen MR) is 70.7 cm³/mol. The second-order valence-corrected chi connectivity index (χ2v) is 5.31. The van der Waals surface area contributed by atoms with Crippen LogP contribution >= 0.6 is 0 Å². The summed E-state index contributed by atoms with van der Waals surface area (Å²) >= 11 is 0. The molecule has 0 aromatic carbocycles. The molecule has 1 rings (SSSR count). The van der Waals surface area contributed by atoms with E-state index in [2.05, 4.69) is 24.8 Å². The van der Waals surface area contributed by atoms with Crippen molar-refractivity contribution in [2.75, 3.05) is 32.7 Å². The summed E-state index contributed by atoms with van der Waals surface area (Å²) in [7, 11) is 0. The highest BCUT2D eigenvalue weighted by atomic mass is 16.2. The topological polar surface area (TPSA) is 73.4 Å². The Morgan fingerprint density at radius 1 is 1.33 bits per heavy atom. The molecule has 0 aromatic heterocycles.